The second-order valence-electron chi connectivity index (χ2n) is 17.4. The van der Waals surface area contributed by atoms with Gasteiger partial charge < -0.3 is 14.2 Å². The summed E-state index contributed by atoms with van der Waals surface area (Å²) in [7, 11) is 0. The molecule has 0 heterocycles. The molecule has 1 unspecified atom stereocenters. The molecule has 0 aliphatic carbocycles. The minimum absolute atomic E-state index is 0.0766. The van der Waals surface area contributed by atoms with Crippen LogP contribution in [0.4, 0.5) is 0 Å². The number of rotatable bonds is 47. The Morgan fingerprint density at radius 1 is 0.333 bits per heavy atom. The first-order chi connectivity index (χ1) is 31.0. The SMILES string of the molecule is CC/C=C\C/C=C\C/C=C\C/C=C\C/C=C\C/C=C\CCCCCCCCCCC(=O)OCC(COC(=O)CCCCCCC)OC(=O)CCCCCCCCCCCCCCC. The molecule has 0 rings (SSSR count). The average molecular weight is 879 g/mol. The molecule has 0 radical (unpaired) electrons. The first-order valence-electron chi connectivity index (χ1n) is 26.4. The minimum atomic E-state index is -0.771. The Kier molecular flexibility index (Phi) is 48.9. The van der Waals surface area contributed by atoms with Gasteiger partial charge in [-0.2, -0.15) is 0 Å². The number of hydrogen-bond donors (Lipinski definition) is 0. The van der Waals surface area contributed by atoms with Gasteiger partial charge in [0.15, 0.2) is 6.10 Å². The number of allylic oxidation sites excluding steroid dienone is 12. The fraction of sp³-hybridized carbons (Fsp3) is 0.737. The summed E-state index contributed by atoms with van der Waals surface area (Å²) in [6.07, 6.45) is 65.0. The molecular formula is C57H98O6. The Morgan fingerprint density at radius 3 is 0.968 bits per heavy atom. The fourth-order valence-corrected chi connectivity index (χ4v) is 7.27. The van der Waals surface area contributed by atoms with E-state index in [0.29, 0.717) is 19.3 Å². The van der Waals surface area contributed by atoms with Crippen LogP contribution in [0, 0.1) is 0 Å². The van der Waals surface area contributed by atoms with E-state index >= 15 is 0 Å². The Balaban J connectivity index is 4.10. The highest BCUT2D eigenvalue weighted by Crippen LogP contribution is 2.15. The van der Waals surface area contributed by atoms with Crippen molar-refractivity contribution in [1.82, 2.24) is 0 Å². The Morgan fingerprint density at radius 2 is 0.619 bits per heavy atom. The van der Waals surface area contributed by atoms with Gasteiger partial charge in [0.1, 0.15) is 13.2 Å². The molecule has 0 aromatic carbocycles. The third-order valence-electron chi connectivity index (χ3n) is 11.2. The predicted octanol–water partition coefficient (Wildman–Crippen LogP) is 17.4. The molecule has 0 amide bonds. The summed E-state index contributed by atoms with van der Waals surface area (Å²) in [5, 5.41) is 0. The van der Waals surface area contributed by atoms with Gasteiger partial charge in [-0.1, -0.05) is 235 Å². The molecule has 0 N–H and O–H groups in total. The van der Waals surface area contributed by atoms with Gasteiger partial charge in [-0.3, -0.25) is 14.4 Å². The highest BCUT2D eigenvalue weighted by atomic mass is 16.6. The van der Waals surface area contributed by atoms with E-state index in [1.54, 1.807) is 0 Å². The molecule has 0 aromatic heterocycles. The maximum absolute atomic E-state index is 12.7. The third kappa shape index (κ3) is 49.7. The van der Waals surface area contributed by atoms with Crippen molar-refractivity contribution in [1.29, 1.82) is 0 Å². The largest absolute Gasteiger partial charge is 0.462 e. The zero-order valence-corrected chi connectivity index (χ0v) is 41.3. The highest BCUT2D eigenvalue weighted by molar-refractivity contribution is 5.71. The standard InChI is InChI=1S/C57H98O6/c1-4-7-10-13-15-17-19-21-22-23-24-25-26-27-28-29-30-31-32-33-34-36-37-39-41-44-47-50-56(59)62-53-54(52-61-55(58)49-46-43-12-9-6-3)63-57(60)51-48-45-42-40-38-35-20-18-16-14-11-8-5-2/h7,10,15,17,21-22,24-25,27-28,30-31,54H,4-6,8-9,11-14,16,18-20,23,26,29,32-53H2,1-3H3/b10-7-,17-15-,22-21-,25-24-,28-27-,31-30-. The number of carbonyl (C=O) groups excluding carboxylic acids is 3. The lowest BCUT2D eigenvalue weighted by molar-refractivity contribution is -0.167. The Labute approximate surface area is 389 Å². The first kappa shape index (κ1) is 59.9. The van der Waals surface area contributed by atoms with E-state index in [9.17, 15) is 14.4 Å². The molecule has 0 aliphatic rings. The number of esters is 3. The van der Waals surface area contributed by atoms with Gasteiger partial charge in [0.05, 0.1) is 0 Å². The summed E-state index contributed by atoms with van der Waals surface area (Å²) in [6.45, 7) is 6.44. The number of hydrogen-bond acceptors (Lipinski definition) is 6. The zero-order chi connectivity index (χ0) is 45.8. The number of unbranched alkanes of at least 4 members (excludes halogenated alkanes) is 24. The normalized spacial score (nSPS) is 12.6. The summed E-state index contributed by atoms with van der Waals surface area (Å²) in [4.78, 5) is 37.6. The molecule has 0 spiro atoms. The molecule has 1 atom stereocenters. The van der Waals surface area contributed by atoms with Crippen molar-refractivity contribution in [2.75, 3.05) is 13.2 Å². The van der Waals surface area contributed by atoms with Crippen molar-refractivity contribution in [3.8, 4) is 0 Å². The van der Waals surface area contributed by atoms with Crippen LogP contribution >= 0.6 is 0 Å². The van der Waals surface area contributed by atoms with Crippen LogP contribution in [-0.2, 0) is 28.6 Å². The molecule has 0 bridgehead atoms. The van der Waals surface area contributed by atoms with Crippen LogP contribution < -0.4 is 0 Å². The van der Waals surface area contributed by atoms with Crippen molar-refractivity contribution < 1.29 is 28.6 Å². The van der Waals surface area contributed by atoms with Gasteiger partial charge in [-0.15, -0.1) is 0 Å². The van der Waals surface area contributed by atoms with Crippen LogP contribution in [0.5, 0.6) is 0 Å². The van der Waals surface area contributed by atoms with Crippen LogP contribution in [0.25, 0.3) is 0 Å². The second-order valence-corrected chi connectivity index (χ2v) is 17.4. The maximum Gasteiger partial charge on any atom is 0.306 e. The maximum atomic E-state index is 12.7. The summed E-state index contributed by atoms with van der Waals surface area (Å²) in [5.41, 5.74) is 0. The third-order valence-corrected chi connectivity index (χ3v) is 11.2. The number of ether oxygens (including phenoxy) is 3. The van der Waals surface area contributed by atoms with E-state index in [2.05, 4.69) is 93.7 Å². The van der Waals surface area contributed by atoms with Gasteiger partial charge in [0.2, 0.25) is 0 Å². The van der Waals surface area contributed by atoms with Crippen LogP contribution in [0.1, 0.15) is 252 Å². The van der Waals surface area contributed by atoms with Gasteiger partial charge >= 0.3 is 17.9 Å². The molecule has 6 heteroatoms. The first-order valence-corrected chi connectivity index (χ1v) is 26.4. The molecule has 6 nitrogen and oxygen atoms in total. The van der Waals surface area contributed by atoms with Crippen molar-refractivity contribution in [3.05, 3.63) is 72.9 Å². The molecule has 0 aliphatic heterocycles. The minimum Gasteiger partial charge on any atom is -0.462 e. The van der Waals surface area contributed by atoms with Crippen molar-refractivity contribution in [3.63, 3.8) is 0 Å². The van der Waals surface area contributed by atoms with E-state index in [1.807, 2.05) is 0 Å². The fourth-order valence-electron chi connectivity index (χ4n) is 7.27. The second kappa shape index (κ2) is 51.5. The van der Waals surface area contributed by atoms with E-state index in [-0.39, 0.29) is 31.1 Å². The summed E-state index contributed by atoms with van der Waals surface area (Å²) < 4.78 is 16.7. The zero-order valence-electron chi connectivity index (χ0n) is 41.3. The van der Waals surface area contributed by atoms with Gasteiger partial charge in [0.25, 0.3) is 0 Å². The van der Waals surface area contributed by atoms with Gasteiger partial charge in [-0.25, -0.2) is 0 Å². The Hall–Kier alpha value is -3.15. The summed E-state index contributed by atoms with van der Waals surface area (Å²) in [5.74, 6) is -0.895. The summed E-state index contributed by atoms with van der Waals surface area (Å²) >= 11 is 0. The van der Waals surface area contributed by atoms with Crippen LogP contribution in [0.2, 0.25) is 0 Å². The smallest absolute Gasteiger partial charge is 0.306 e. The lowest BCUT2D eigenvalue weighted by Crippen LogP contribution is -2.30. The molecule has 0 aromatic rings. The number of carbonyl (C=O) groups is 3. The average Bonchev–Trinajstić information content (AvgIpc) is 3.28. The Bertz CT molecular complexity index is 1190. The predicted molar refractivity (Wildman–Crippen MR) is 270 cm³/mol. The van der Waals surface area contributed by atoms with Crippen LogP contribution in [0.15, 0.2) is 72.9 Å². The molecule has 0 saturated heterocycles. The lowest BCUT2D eigenvalue weighted by Gasteiger charge is -2.18. The lowest BCUT2D eigenvalue weighted by atomic mass is 10.0. The molecule has 362 valence electrons. The van der Waals surface area contributed by atoms with Crippen molar-refractivity contribution in [2.45, 2.75) is 258 Å². The van der Waals surface area contributed by atoms with Gasteiger partial charge in [0, 0.05) is 19.3 Å². The van der Waals surface area contributed by atoms with Crippen LogP contribution in [-0.4, -0.2) is 37.2 Å². The quantitative estimate of drug-likeness (QED) is 0.0262. The van der Waals surface area contributed by atoms with E-state index < -0.39 is 6.10 Å². The van der Waals surface area contributed by atoms with Crippen molar-refractivity contribution in [2.24, 2.45) is 0 Å². The monoisotopic (exact) mass is 879 g/mol. The van der Waals surface area contributed by atoms with E-state index in [0.717, 1.165) is 109 Å². The molecule has 63 heavy (non-hydrogen) atoms. The molecule has 0 fully saturated rings. The summed E-state index contributed by atoms with van der Waals surface area (Å²) in [6, 6.07) is 0. The molecular weight excluding hydrogens is 781 g/mol. The van der Waals surface area contributed by atoms with Crippen LogP contribution in [0.3, 0.4) is 0 Å². The highest BCUT2D eigenvalue weighted by Gasteiger charge is 2.19. The topological polar surface area (TPSA) is 78.9 Å². The van der Waals surface area contributed by atoms with Crippen molar-refractivity contribution >= 4 is 17.9 Å². The molecule has 0 saturated carbocycles. The van der Waals surface area contributed by atoms with E-state index in [1.165, 1.54) is 103 Å². The van der Waals surface area contributed by atoms with Gasteiger partial charge in [-0.05, 0) is 70.6 Å². The van der Waals surface area contributed by atoms with E-state index in [4.69, 9.17) is 14.2 Å².